The van der Waals surface area contributed by atoms with Crippen LogP contribution in [0, 0.1) is 11.6 Å². The standard InChI is InChI=1S/C20H14F5NO3/c21-14-7-13(8-15(22)9-14)17(20(23,24)25)10-18(27)26-16(11-29-19(26)28)6-12-4-2-1-3-5-12/h1-5,7-10,16H,6,11H2/b17-10+. The molecule has 0 radical (unpaired) electrons. The number of amides is 2. The van der Waals surface area contributed by atoms with E-state index in [4.69, 9.17) is 4.74 Å². The van der Waals surface area contributed by atoms with Crippen molar-refractivity contribution in [3.8, 4) is 0 Å². The summed E-state index contributed by atoms with van der Waals surface area (Å²) in [6.45, 7) is -0.177. The van der Waals surface area contributed by atoms with Gasteiger partial charge in [-0.05, 0) is 29.7 Å². The zero-order valence-electron chi connectivity index (χ0n) is 14.7. The van der Waals surface area contributed by atoms with E-state index in [2.05, 4.69) is 0 Å². The highest BCUT2D eigenvalue weighted by Crippen LogP contribution is 2.35. The summed E-state index contributed by atoms with van der Waals surface area (Å²) in [5, 5.41) is 0. The molecule has 0 spiro atoms. The average Bonchev–Trinajstić information content (AvgIpc) is 2.99. The fourth-order valence-electron chi connectivity index (χ4n) is 3.00. The lowest BCUT2D eigenvalue weighted by atomic mass is 10.0. The Morgan fingerprint density at radius 3 is 2.31 bits per heavy atom. The van der Waals surface area contributed by atoms with Crippen LogP contribution in [0.25, 0.3) is 5.57 Å². The third-order valence-corrected chi connectivity index (χ3v) is 4.26. The second-order valence-corrected chi connectivity index (χ2v) is 6.34. The van der Waals surface area contributed by atoms with E-state index in [0.717, 1.165) is 5.56 Å². The topological polar surface area (TPSA) is 46.6 Å². The van der Waals surface area contributed by atoms with E-state index < -0.39 is 47.0 Å². The van der Waals surface area contributed by atoms with Gasteiger partial charge in [0.15, 0.2) is 0 Å². The summed E-state index contributed by atoms with van der Waals surface area (Å²) >= 11 is 0. The number of benzene rings is 2. The van der Waals surface area contributed by atoms with E-state index in [1.165, 1.54) is 0 Å². The number of cyclic esters (lactones) is 1. The Morgan fingerprint density at radius 1 is 1.10 bits per heavy atom. The van der Waals surface area contributed by atoms with Gasteiger partial charge in [-0.2, -0.15) is 13.2 Å². The lowest BCUT2D eigenvalue weighted by Gasteiger charge is -2.19. The summed E-state index contributed by atoms with van der Waals surface area (Å²) in [5.41, 5.74) is -1.68. The van der Waals surface area contributed by atoms with Crippen molar-refractivity contribution in [3.63, 3.8) is 0 Å². The number of imide groups is 1. The van der Waals surface area contributed by atoms with Crippen molar-refractivity contribution in [2.75, 3.05) is 6.61 Å². The van der Waals surface area contributed by atoms with Crippen molar-refractivity contribution in [1.82, 2.24) is 4.90 Å². The number of hydrogen-bond donors (Lipinski definition) is 0. The maximum atomic E-state index is 13.5. The number of nitrogens with zero attached hydrogens (tertiary/aromatic N) is 1. The number of rotatable bonds is 4. The Hall–Kier alpha value is -3.23. The zero-order chi connectivity index (χ0) is 21.2. The lowest BCUT2D eigenvalue weighted by molar-refractivity contribution is -0.124. The van der Waals surface area contributed by atoms with Crippen LogP contribution in [-0.2, 0) is 16.0 Å². The van der Waals surface area contributed by atoms with Crippen LogP contribution in [-0.4, -0.2) is 35.7 Å². The number of halogens is 5. The first-order valence-electron chi connectivity index (χ1n) is 8.44. The van der Waals surface area contributed by atoms with Gasteiger partial charge in [0.1, 0.15) is 18.2 Å². The molecule has 0 bridgehead atoms. The van der Waals surface area contributed by atoms with Crippen LogP contribution in [0.1, 0.15) is 11.1 Å². The molecule has 152 valence electrons. The van der Waals surface area contributed by atoms with Crippen molar-refractivity contribution >= 4 is 17.6 Å². The number of alkyl halides is 3. The molecule has 4 nitrogen and oxygen atoms in total. The van der Waals surface area contributed by atoms with Gasteiger partial charge in [-0.1, -0.05) is 30.3 Å². The molecule has 1 saturated heterocycles. The van der Waals surface area contributed by atoms with Gasteiger partial charge >= 0.3 is 12.3 Å². The predicted octanol–water partition coefficient (Wildman–Crippen LogP) is 4.50. The highest BCUT2D eigenvalue weighted by molar-refractivity contribution is 6.04. The number of carbonyl (C=O) groups is 2. The lowest BCUT2D eigenvalue weighted by Crippen LogP contribution is -2.39. The third kappa shape index (κ3) is 4.79. The van der Waals surface area contributed by atoms with E-state index in [0.29, 0.717) is 23.1 Å². The van der Waals surface area contributed by atoms with Gasteiger partial charge in [0.2, 0.25) is 0 Å². The molecule has 9 heteroatoms. The first-order chi connectivity index (χ1) is 13.6. The number of ether oxygens (including phenoxy) is 1. The number of hydrogen-bond acceptors (Lipinski definition) is 3. The summed E-state index contributed by atoms with van der Waals surface area (Å²) in [6.07, 6.45) is -5.84. The first kappa shape index (κ1) is 20.5. The van der Waals surface area contributed by atoms with Gasteiger partial charge in [-0.3, -0.25) is 4.79 Å². The molecule has 1 atom stereocenters. The van der Waals surface area contributed by atoms with Crippen molar-refractivity contribution in [2.45, 2.75) is 18.6 Å². The molecule has 1 unspecified atom stereocenters. The van der Waals surface area contributed by atoms with Crippen LogP contribution < -0.4 is 0 Å². The van der Waals surface area contributed by atoms with Crippen LogP contribution in [0.2, 0.25) is 0 Å². The molecule has 2 aromatic carbocycles. The second-order valence-electron chi connectivity index (χ2n) is 6.34. The van der Waals surface area contributed by atoms with Crippen LogP contribution in [0.15, 0.2) is 54.6 Å². The van der Waals surface area contributed by atoms with E-state index in [-0.39, 0.29) is 19.1 Å². The van der Waals surface area contributed by atoms with E-state index in [1.807, 2.05) is 0 Å². The van der Waals surface area contributed by atoms with Crippen molar-refractivity contribution < 1.29 is 36.3 Å². The Labute approximate surface area is 162 Å². The minimum Gasteiger partial charge on any atom is -0.447 e. The molecular weight excluding hydrogens is 397 g/mol. The summed E-state index contributed by atoms with van der Waals surface area (Å²) < 4.78 is 71.9. The summed E-state index contributed by atoms with van der Waals surface area (Å²) in [4.78, 5) is 25.0. The maximum absolute atomic E-state index is 13.5. The van der Waals surface area contributed by atoms with Crippen molar-refractivity contribution in [3.05, 3.63) is 77.4 Å². The minimum absolute atomic E-state index is 0.152. The third-order valence-electron chi connectivity index (χ3n) is 4.26. The molecule has 2 amide bonds. The smallest absolute Gasteiger partial charge is 0.417 e. The first-order valence-corrected chi connectivity index (χ1v) is 8.44. The van der Waals surface area contributed by atoms with E-state index in [9.17, 15) is 31.5 Å². The minimum atomic E-state index is -5.09. The number of carbonyl (C=O) groups excluding carboxylic acids is 2. The largest absolute Gasteiger partial charge is 0.447 e. The van der Waals surface area contributed by atoms with Gasteiger partial charge in [-0.25, -0.2) is 18.5 Å². The molecule has 0 saturated carbocycles. The van der Waals surface area contributed by atoms with Gasteiger partial charge < -0.3 is 4.74 Å². The van der Waals surface area contributed by atoms with Crippen LogP contribution in [0.4, 0.5) is 26.7 Å². The molecule has 3 rings (SSSR count). The fraction of sp³-hybridized carbons (Fsp3) is 0.200. The second kappa shape index (κ2) is 8.02. The van der Waals surface area contributed by atoms with E-state index >= 15 is 0 Å². The monoisotopic (exact) mass is 411 g/mol. The van der Waals surface area contributed by atoms with Gasteiger partial charge in [0.25, 0.3) is 5.91 Å². The Bertz CT molecular complexity index is 936. The molecule has 29 heavy (non-hydrogen) atoms. The highest BCUT2D eigenvalue weighted by Gasteiger charge is 2.40. The molecule has 0 aromatic heterocycles. The van der Waals surface area contributed by atoms with Gasteiger partial charge in [0.05, 0.1) is 11.6 Å². The quantitative estimate of drug-likeness (QED) is 0.550. The summed E-state index contributed by atoms with van der Waals surface area (Å²) in [7, 11) is 0. The SMILES string of the molecule is O=C(/C=C(\c1cc(F)cc(F)c1)C(F)(F)F)N1C(=O)OCC1Cc1ccccc1. The van der Waals surface area contributed by atoms with Crippen LogP contribution in [0.5, 0.6) is 0 Å². The molecule has 0 N–H and O–H groups in total. The molecule has 1 aliphatic heterocycles. The molecule has 2 aromatic rings. The van der Waals surface area contributed by atoms with Crippen molar-refractivity contribution in [1.29, 1.82) is 0 Å². The number of allylic oxidation sites excluding steroid dienone is 1. The van der Waals surface area contributed by atoms with Crippen LogP contribution >= 0.6 is 0 Å². The van der Waals surface area contributed by atoms with Gasteiger partial charge in [0, 0.05) is 12.1 Å². The van der Waals surface area contributed by atoms with E-state index in [1.54, 1.807) is 30.3 Å². The molecular formula is C20H14F5NO3. The predicted molar refractivity (Wildman–Crippen MR) is 92.5 cm³/mol. The molecule has 0 aliphatic carbocycles. The molecule has 1 fully saturated rings. The summed E-state index contributed by atoms with van der Waals surface area (Å²) in [6, 6.07) is 9.21. The van der Waals surface area contributed by atoms with Gasteiger partial charge in [-0.15, -0.1) is 0 Å². The molecule has 1 aliphatic rings. The zero-order valence-corrected chi connectivity index (χ0v) is 14.7. The van der Waals surface area contributed by atoms with Crippen LogP contribution in [0.3, 0.4) is 0 Å². The highest BCUT2D eigenvalue weighted by atomic mass is 19.4. The fourth-order valence-corrected chi connectivity index (χ4v) is 3.00. The normalized spacial score (nSPS) is 17.4. The Morgan fingerprint density at radius 2 is 1.72 bits per heavy atom. The molecule has 1 heterocycles. The maximum Gasteiger partial charge on any atom is 0.417 e. The average molecular weight is 411 g/mol. The Kier molecular flexibility index (Phi) is 5.67. The Balaban J connectivity index is 1.94. The van der Waals surface area contributed by atoms with Crippen molar-refractivity contribution in [2.24, 2.45) is 0 Å². The summed E-state index contributed by atoms with van der Waals surface area (Å²) in [5.74, 6) is -3.75.